The van der Waals surface area contributed by atoms with Gasteiger partial charge in [0.15, 0.2) is 11.5 Å². The molecule has 9 nitrogen and oxygen atoms in total. The largest absolute Gasteiger partial charge is 0.434 e. The molecule has 190 valence electrons. The number of aromatic nitrogens is 4. The lowest BCUT2D eigenvalue weighted by molar-refractivity contribution is -0.136. The van der Waals surface area contributed by atoms with Gasteiger partial charge in [-0.05, 0) is 30.3 Å². The van der Waals surface area contributed by atoms with Crippen LogP contribution >= 0.6 is 11.6 Å². The van der Waals surface area contributed by atoms with Gasteiger partial charge in [-0.3, -0.25) is 4.79 Å². The summed E-state index contributed by atoms with van der Waals surface area (Å²) >= 11 is 5.91. The van der Waals surface area contributed by atoms with Crippen molar-refractivity contribution in [3.63, 3.8) is 0 Å². The van der Waals surface area contributed by atoms with Crippen LogP contribution < -0.4 is 20.7 Å². The molecule has 15 heteroatoms. The second-order valence-corrected chi connectivity index (χ2v) is 7.92. The van der Waals surface area contributed by atoms with E-state index in [1.165, 1.54) is 42.9 Å². The number of amides is 1. The average Bonchev–Trinajstić information content (AvgIpc) is 3.17. The summed E-state index contributed by atoms with van der Waals surface area (Å²) in [4.78, 5) is 20.8. The second-order valence-electron chi connectivity index (χ2n) is 7.48. The van der Waals surface area contributed by atoms with E-state index in [1.807, 2.05) is 0 Å². The van der Waals surface area contributed by atoms with Crippen molar-refractivity contribution >= 4 is 40.0 Å². The molecule has 3 heterocycles. The van der Waals surface area contributed by atoms with E-state index < -0.39 is 29.8 Å². The Labute approximate surface area is 208 Å². The molecule has 0 atom stereocenters. The van der Waals surface area contributed by atoms with E-state index in [9.17, 15) is 26.7 Å². The number of fused-ring (bicyclic) bond motifs is 3. The van der Waals surface area contributed by atoms with Crippen LogP contribution in [0.3, 0.4) is 0 Å². The third kappa shape index (κ3) is 4.70. The first-order valence-electron chi connectivity index (χ1n) is 10.3. The summed E-state index contributed by atoms with van der Waals surface area (Å²) in [6.07, 6.45) is -0.768. The lowest BCUT2D eigenvalue weighted by Gasteiger charge is -2.13. The van der Waals surface area contributed by atoms with Crippen LogP contribution in [-0.2, 0) is 11.0 Å². The summed E-state index contributed by atoms with van der Waals surface area (Å²) in [5.74, 6) is -1.43. The molecule has 0 spiro atoms. The number of ether oxygens (including phenoxy) is 1. The van der Waals surface area contributed by atoms with Crippen LogP contribution in [0.15, 0.2) is 60.7 Å². The van der Waals surface area contributed by atoms with Crippen LogP contribution in [0.25, 0.3) is 27.9 Å². The van der Waals surface area contributed by atoms with Crippen LogP contribution in [0.2, 0.25) is 5.02 Å². The smallest absolute Gasteiger partial charge is 0.418 e. The number of carbonyl (C=O) groups is 1. The van der Waals surface area contributed by atoms with E-state index in [2.05, 4.69) is 35.8 Å². The molecule has 0 radical (unpaired) electrons. The zero-order valence-electron chi connectivity index (χ0n) is 18.1. The van der Waals surface area contributed by atoms with Gasteiger partial charge in [0.25, 0.3) is 5.91 Å². The van der Waals surface area contributed by atoms with Gasteiger partial charge >= 0.3 is 12.8 Å². The molecular formula is C22H13ClF5N7O2. The van der Waals surface area contributed by atoms with Crippen LogP contribution in [0, 0.1) is 0 Å². The number of hydrogen-bond donors (Lipinski definition) is 3. The fourth-order valence-electron chi connectivity index (χ4n) is 3.58. The molecule has 1 aliphatic heterocycles. The minimum atomic E-state index is -4.76. The number of anilines is 1. The van der Waals surface area contributed by atoms with Gasteiger partial charge in [-0.2, -0.15) is 26.5 Å². The molecular weight excluding hydrogens is 525 g/mol. The number of alkyl halides is 5. The Hall–Kier alpha value is -4.46. The fraction of sp³-hybridized carbons (Fsp3) is 0.0909. The quantitative estimate of drug-likeness (QED) is 0.318. The van der Waals surface area contributed by atoms with Crippen molar-refractivity contribution in [2.45, 2.75) is 12.8 Å². The molecule has 37 heavy (non-hydrogen) atoms. The van der Waals surface area contributed by atoms with Crippen molar-refractivity contribution in [3.05, 3.63) is 71.3 Å². The predicted molar refractivity (Wildman–Crippen MR) is 122 cm³/mol. The minimum Gasteiger partial charge on any atom is -0.434 e. The lowest BCUT2D eigenvalue weighted by atomic mass is 10.1. The van der Waals surface area contributed by atoms with Gasteiger partial charge in [-0.15, -0.1) is 5.10 Å². The van der Waals surface area contributed by atoms with Crippen LogP contribution in [0.1, 0.15) is 5.56 Å². The highest BCUT2D eigenvalue weighted by molar-refractivity contribution is 6.30. The molecule has 2 aromatic carbocycles. The molecule has 0 bridgehead atoms. The summed E-state index contributed by atoms with van der Waals surface area (Å²) in [5.41, 5.74) is -1.71. The number of carbonyl (C=O) groups excluding carboxylic acids is 1. The Morgan fingerprint density at radius 2 is 1.92 bits per heavy atom. The number of halogens is 6. The summed E-state index contributed by atoms with van der Waals surface area (Å²) in [6.45, 7) is -3.19. The summed E-state index contributed by atoms with van der Waals surface area (Å²) in [5, 5.41) is 12.1. The molecule has 0 saturated heterocycles. The normalized spacial score (nSPS) is 13.9. The number of para-hydroxylation sites is 1. The number of rotatable bonds is 5. The van der Waals surface area contributed by atoms with E-state index in [-0.39, 0.29) is 44.8 Å². The molecule has 5 rings (SSSR count). The molecule has 1 aliphatic rings. The lowest BCUT2D eigenvalue weighted by Crippen LogP contribution is -2.24. The molecule has 0 saturated carbocycles. The molecule has 4 aromatic rings. The van der Waals surface area contributed by atoms with Gasteiger partial charge in [0.05, 0.1) is 16.6 Å². The zero-order chi connectivity index (χ0) is 26.3. The SMILES string of the molecule is O=C1NC=CNC=C1Nc1nc2c(C(F)(F)F)cccc2c2nc(-c3ccc(Cl)cc3OC(F)F)nn12. The maximum absolute atomic E-state index is 13.8. The molecule has 0 aliphatic carbocycles. The van der Waals surface area contributed by atoms with Gasteiger partial charge in [0.1, 0.15) is 11.4 Å². The van der Waals surface area contributed by atoms with Gasteiger partial charge < -0.3 is 20.7 Å². The maximum atomic E-state index is 13.8. The first-order valence-corrected chi connectivity index (χ1v) is 10.7. The minimum absolute atomic E-state index is 0.00299. The summed E-state index contributed by atoms with van der Waals surface area (Å²) in [7, 11) is 0. The van der Waals surface area contributed by atoms with Crippen molar-refractivity contribution in [2.75, 3.05) is 5.32 Å². The first-order chi connectivity index (χ1) is 17.6. The third-order valence-corrected chi connectivity index (χ3v) is 5.36. The van der Waals surface area contributed by atoms with E-state index in [0.717, 1.165) is 16.6 Å². The molecule has 1 amide bonds. The van der Waals surface area contributed by atoms with Crippen molar-refractivity contribution in [2.24, 2.45) is 0 Å². The van der Waals surface area contributed by atoms with Gasteiger partial charge in [0, 0.05) is 29.0 Å². The van der Waals surface area contributed by atoms with E-state index >= 15 is 0 Å². The molecule has 2 aromatic heterocycles. The Bertz CT molecular complexity index is 1600. The van der Waals surface area contributed by atoms with Crippen LogP contribution in [-0.4, -0.2) is 32.1 Å². The topological polar surface area (TPSA) is 105 Å². The predicted octanol–water partition coefficient (Wildman–Crippen LogP) is 4.66. The summed E-state index contributed by atoms with van der Waals surface area (Å²) in [6, 6.07) is 7.23. The Kier molecular flexibility index (Phi) is 6.03. The highest BCUT2D eigenvalue weighted by Gasteiger charge is 2.34. The van der Waals surface area contributed by atoms with Crippen LogP contribution in [0.5, 0.6) is 5.75 Å². The van der Waals surface area contributed by atoms with Crippen molar-refractivity contribution < 1.29 is 31.5 Å². The average molecular weight is 538 g/mol. The van der Waals surface area contributed by atoms with Crippen molar-refractivity contribution in [1.29, 1.82) is 0 Å². The zero-order valence-corrected chi connectivity index (χ0v) is 18.9. The second kappa shape index (κ2) is 9.20. The molecule has 0 unspecified atom stereocenters. The third-order valence-electron chi connectivity index (χ3n) is 5.12. The Morgan fingerprint density at radius 1 is 1.11 bits per heavy atom. The molecule has 0 fully saturated rings. The number of hydrogen-bond acceptors (Lipinski definition) is 7. The van der Waals surface area contributed by atoms with Gasteiger partial charge in [-0.25, -0.2) is 9.97 Å². The Balaban J connectivity index is 1.77. The number of nitrogens with one attached hydrogen (secondary N) is 3. The van der Waals surface area contributed by atoms with Gasteiger partial charge in [0.2, 0.25) is 5.95 Å². The molecule has 3 N–H and O–H groups in total. The number of benzene rings is 2. The standard InChI is InChI=1S/C22H13ClF5N7O2/c23-10-4-5-11(15(8-10)37-20(24)25)17-33-18-12-2-1-3-13(22(26,27)28)16(12)32-21(35(18)34-17)31-14-9-29-6-7-30-19(14)36/h1-9,20,29H,(H,30,36)(H,31,32). The van der Waals surface area contributed by atoms with E-state index in [0.29, 0.717) is 0 Å². The fourth-order valence-corrected chi connectivity index (χ4v) is 3.75. The van der Waals surface area contributed by atoms with E-state index in [1.54, 1.807) is 0 Å². The maximum Gasteiger partial charge on any atom is 0.418 e. The van der Waals surface area contributed by atoms with Crippen molar-refractivity contribution in [3.8, 4) is 17.1 Å². The van der Waals surface area contributed by atoms with Crippen LogP contribution in [0.4, 0.5) is 27.9 Å². The highest BCUT2D eigenvalue weighted by Crippen LogP contribution is 2.37. The van der Waals surface area contributed by atoms with E-state index in [4.69, 9.17) is 11.6 Å². The van der Waals surface area contributed by atoms with Crippen molar-refractivity contribution in [1.82, 2.24) is 30.2 Å². The Morgan fingerprint density at radius 3 is 2.68 bits per heavy atom. The highest BCUT2D eigenvalue weighted by atomic mass is 35.5. The number of nitrogens with zero attached hydrogens (tertiary/aromatic N) is 4. The summed E-state index contributed by atoms with van der Waals surface area (Å²) < 4.78 is 73.1. The first kappa shape index (κ1) is 24.2. The monoisotopic (exact) mass is 537 g/mol. The van der Waals surface area contributed by atoms with Gasteiger partial charge in [-0.1, -0.05) is 17.7 Å².